The molecule has 1 atom stereocenters. The molecule has 0 saturated heterocycles. The lowest BCUT2D eigenvalue weighted by Crippen LogP contribution is -2.47. The van der Waals surface area contributed by atoms with Crippen molar-refractivity contribution in [2.75, 3.05) is 0 Å². The molecule has 0 aliphatic carbocycles. The predicted octanol–water partition coefficient (Wildman–Crippen LogP) is 3.05. The maximum Gasteiger partial charge on any atom is 0.237 e. The molecule has 4 rings (SSSR count). The van der Waals surface area contributed by atoms with Crippen molar-refractivity contribution >= 4 is 30.7 Å². The third-order valence-corrected chi connectivity index (χ3v) is 4.60. The quantitative estimate of drug-likeness (QED) is 0.702. The van der Waals surface area contributed by atoms with E-state index in [1.54, 1.807) is 12.5 Å². The van der Waals surface area contributed by atoms with E-state index in [4.69, 9.17) is 0 Å². The zero-order chi connectivity index (χ0) is 17.1. The molecule has 1 unspecified atom stereocenters. The van der Waals surface area contributed by atoms with Crippen LogP contribution in [0.4, 0.5) is 0 Å². The second-order valence-corrected chi connectivity index (χ2v) is 6.26. The van der Waals surface area contributed by atoms with E-state index in [-0.39, 0.29) is 36.8 Å². The maximum atomic E-state index is 12.4. The second-order valence-electron chi connectivity index (χ2n) is 6.26. The highest BCUT2D eigenvalue weighted by molar-refractivity contribution is 5.85. The van der Waals surface area contributed by atoms with E-state index in [0.29, 0.717) is 6.54 Å². The van der Waals surface area contributed by atoms with Crippen molar-refractivity contribution in [3.63, 3.8) is 0 Å². The first-order chi connectivity index (χ1) is 12.3. The molecule has 2 N–H and O–H groups in total. The van der Waals surface area contributed by atoms with Crippen LogP contribution in [0.25, 0.3) is 5.69 Å². The molecule has 0 bridgehead atoms. The summed E-state index contributed by atoms with van der Waals surface area (Å²) in [5.41, 5.74) is 4.67. The first-order valence-electron chi connectivity index (χ1n) is 8.45. The number of imidazole rings is 1. The lowest BCUT2D eigenvalue weighted by molar-refractivity contribution is -0.123. The van der Waals surface area contributed by atoms with Crippen molar-refractivity contribution in [3.05, 3.63) is 83.9 Å². The highest BCUT2D eigenvalue weighted by Crippen LogP contribution is 2.16. The highest BCUT2D eigenvalue weighted by atomic mass is 35.5. The summed E-state index contributed by atoms with van der Waals surface area (Å²) in [6.07, 6.45) is 6.16. The van der Waals surface area contributed by atoms with Gasteiger partial charge >= 0.3 is 0 Å². The van der Waals surface area contributed by atoms with Gasteiger partial charge in [-0.05, 0) is 35.2 Å². The van der Waals surface area contributed by atoms with Gasteiger partial charge in [0.2, 0.25) is 5.91 Å². The van der Waals surface area contributed by atoms with E-state index < -0.39 is 0 Å². The average Bonchev–Trinajstić information content (AvgIpc) is 3.21. The molecule has 1 aliphatic rings. The van der Waals surface area contributed by atoms with Gasteiger partial charge in [-0.3, -0.25) is 4.79 Å². The van der Waals surface area contributed by atoms with Crippen molar-refractivity contribution < 1.29 is 4.79 Å². The maximum absolute atomic E-state index is 12.4. The molecule has 1 aliphatic heterocycles. The van der Waals surface area contributed by atoms with Gasteiger partial charge in [0, 0.05) is 31.2 Å². The normalized spacial score (nSPS) is 15.0. The Bertz CT molecular complexity index is 866. The van der Waals surface area contributed by atoms with Crippen molar-refractivity contribution in [2.24, 2.45) is 0 Å². The summed E-state index contributed by atoms with van der Waals surface area (Å²) in [5.74, 6) is 0.0492. The van der Waals surface area contributed by atoms with Crippen LogP contribution in [0, 0.1) is 0 Å². The van der Waals surface area contributed by atoms with Gasteiger partial charge in [0.25, 0.3) is 0 Å². The van der Waals surface area contributed by atoms with E-state index in [0.717, 1.165) is 24.2 Å². The number of nitrogens with one attached hydrogen (secondary N) is 2. The molecular formula is C20H22Cl2N4O. The van der Waals surface area contributed by atoms with Crippen LogP contribution in [0.15, 0.2) is 67.3 Å². The van der Waals surface area contributed by atoms with E-state index in [1.807, 2.05) is 47.2 Å². The Hall–Kier alpha value is -2.34. The summed E-state index contributed by atoms with van der Waals surface area (Å²) in [7, 11) is 0. The minimum Gasteiger partial charge on any atom is -0.351 e. The number of nitrogens with zero attached hydrogens (tertiary/aromatic N) is 2. The van der Waals surface area contributed by atoms with Gasteiger partial charge in [0.1, 0.15) is 0 Å². The fraction of sp³-hybridized carbons (Fsp3) is 0.200. The van der Waals surface area contributed by atoms with Crippen LogP contribution >= 0.6 is 24.8 Å². The second kappa shape index (κ2) is 9.55. The first-order valence-corrected chi connectivity index (χ1v) is 8.45. The number of hydrogen-bond donors (Lipinski definition) is 2. The minimum atomic E-state index is -0.167. The molecule has 142 valence electrons. The largest absolute Gasteiger partial charge is 0.351 e. The van der Waals surface area contributed by atoms with Crippen LogP contribution in [0.2, 0.25) is 0 Å². The summed E-state index contributed by atoms with van der Waals surface area (Å²) in [6.45, 7) is 1.27. The Balaban J connectivity index is 0.00000131. The van der Waals surface area contributed by atoms with Gasteiger partial charge in [0.05, 0.1) is 12.4 Å². The van der Waals surface area contributed by atoms with Crippen molar-refractivity contribution in [2.45, 2.75) is 25.6 Å². The number of rotatable bonds is 4. The average molecular weight is 405 g/mol. The van der Waals surface area contributed by atoms with Crippen LogP contribution < -0.4 is 10.6 Å². The monoisotopic (exact) mass is 404 g/mol. The smallest absolute Gasteiger partial charge is 0.237 e. The molecule has 0 fully saturated rings. The molecule has 3 aromatic rings. The Morgan fingerprint density at radius 3 is 2.56 bits per heavy atom. The highest BCUT2D eigenvalue weighted by Gasteiger charge is 2.23. The number of carbonyl (C=O) groups is 1. The fourth-order valence-corrected chi connectivity index (χ4v) is 3.15. The van der Waals surface area contributed by atoms with E-state index in [2.05, 4.69) is 27.8 Å². The van der Waals surface area contributed by atoms with Gasteiger partial charge in [-0.2, -0.15) is 0 Å². The van der Waals surface area contributed by atoms with Crippen LogP contribution in [0.5, 0.6) is 0 Å². The third kappa shape index (κ3) is 4.89. The summed E-state index contributed by atoms with van der Waals surface area (Å²) >= 11 is 0. The zero-order valence-corrected chi connectivity index (χ0v) is 16.3. The lowest BCUT2D eigenvalue weighted by atomic mass is 9.95. The molecule has 1 amide bonds. The van der Waals surface area contributed by atoms with Crippen LogP contribution in [-0.2, 0) is 24.3 Å². The summed E-state index contributed by atoms with van der Waals surface area (Å²) in [4.78, 5) is 16.5. The van der Waals surface area contributed by atoms with Gasteiger partial charge in [-0.1, -0.05) is 36.4 Å². The van der Waals surface area contributed by atoms with Gasteiger partial charge in [-0.15, -0.1) is 24.8 Å². The third-order valence-electron chi connectivity index (χ3n) is 4.60. The van der Waals surface area contributed by atoms with Gasteiger partial charge < -0.3 is 15.2 Å². The van der Waals surface area contributed by atoms with Crippen LogP contribution in [0.1, 0.15) is 16.7 Å². The number of amides is 1. The molecule has 0 radical (unpaired) electrons. The van der Waals surface area contributed by atoms with Gasteiger partial charge in [-0.25, -0.2) is 4.98 Å². The van der Waals surface area contributed by atoms with E-state index in [1.165, 1.54) is 11.1 Å². The number of hydrogen-bond acceptors (Lipinski definition) is 3. The van der Waals surface area contributed by atoms with Crippen molar-refractivity contribution in [3.8, 4) is 5.69 Å². The number of fused-ring (bicyclic) bond motifs is 1. The minimum absolute atomic E-state index is 0. The molecular weight excluding hydrogens is 383 g/mol. The summed E-state index contributed by atoms with van der Waals surface area (Å²) < 4.78 is 1.95. The number of aromatic nitrogens is 2. The molecule has 1 aromatic heterocycles. The van der Waals surface area contributed by atoms with Crippen LogP contribution in [0.3, 0.4) is 0 Å². The predicted molar refractivity (Wildman–Crippen MR) is 111 cm³/mol. The molecule has 5 nitrogen and oxygen atoms in total. The Morgan fingerprint density at radius 1 is 1.11 bits per heavy atom. The molecule has 0 spiro atoms. The lowest BCUT2D eigenvalue weighted by Gasteiger charge is -2.25. The SMILES string of the molecule is Cl.Cl.O=C(NCc1ccc(-n2ccnc2)cc1)C1Cc2ccccc2CN1. The molecule has 2 aromatic carbocycles. The molecule has 2 heterocycles. The standard InChI is InChI=1S/C20H20N4O.2ClH/c25-20(19-11-16-3-1-2-4-17(16)13-22-19)23-12-15-5-7-18(8-6-15)24-10-9-21-14-24;;/h1-10,14,19,22H,11-13H2,(H,23,25);2*1H. The van der Waals surface area contributed by atoms with E-state index >= 15 is 0 Å². The first kappa shape index (κ1) is 21.0. The summed E-state index contributed by atoms with van der Waals surface area (Å²) in [5, 5.41) is 6.35. The Morgan fingerprint density at radius 2 is 1.85 bits per heavy atom. The Kier molecular flexibility index (Phi) is 7.42. The number of carbonyl (C=O) groups excluding carboxylic acids is 1. The van der Waals surface area contributed by atoms with E-state index in [9.17, 15) is 4.79 Å². The number of benzene rings is 2. The topological polar surface area (TPSA) is 59.0 Å². The number of halogens is 2. The van der Waals surface area contributed by atoms with Gasteiger partial charge in [0.15, 0.2) is 0 Å². The zero-order valence-electron chi connectivity index (χ0n) is 14.7. The van der Waals surface area contributed by atoms with Crippen molar-refractivity contribution in [1.82, 2.24) is 20.2 Å². The molecule has 27 heavy (non-hydrogen) atoms. The summed E-state index contributed by atoms with van der Waals surface area (Å²) in [6, 6.07) is 16.2. The van der Waals surface area contributed by atoms with Crippen molar-refractivity contribution in [1.29, 1.82) is 0 Å². The molecule has 7 heteroatoms. The fourth-order valence-electron chi connectivity index (χ4n) is 3.15. The van der Waals surface area contributed by atoms with Crippen LogP contribution in [-0.4, -0.2) is 21.5 Å². The Labute approximate surface area is 171 Å². The molecule has 0 saturated carbocycles.